The number of aromatic nitrogens is 7. The lowest BCUT2D eigenvalue weighted by atomic mass is 9.92. The second-order valence-electron chi connectivity index (χ2n) is 20.4. The van der Waals surface area contributed by atoms with E-state index in [1.807, 2.05) is 30.3 Å². The van der Waals surface area contributed by atoms with Crippen LogP contribution in [0.15, 0.2) is 43.0 Å². The molecule has 3 aromatic heterocycles. The van der Waals surface area contributed by atoms with Gasteiger partial charge in [0, 0.05) is 27.0 Å². The van der Waals surface area contributed by atoms with E-state index in [2.05, 4.69) is 44.7 Å². The van der Waals surface area contributed by atoms with Crippen molar-refractivity contribution in [2.75, 3.05) is 24.7 Å². The molecule has 0 aliphatic carbocycles. The van der Waals surface area contributed by atoms with Crippen LogP contribution < -0.4 is 4.90 Å². The minimum Gasteiger partial charge on any atom is -0.463 e. The summed E-state index contributed by atoms with van der Waals surface area (Å²) in [6.07, 6.45) is -3.71. The average molecular weight is 974 g/mol. The van der Waals surface area contributed by atoms with Gasteiger partial charge in [-0.1, -0.05) is 56.9 Å². The summed E-state index contributed by atoms with van der Waals surface area (Å²) in [7, 11) is -1.36. The first-order chi connectivity index (χ1) is 31.1. The number of benzene rings is 1. The molecule has 1 saturated heterocycles. The van der Waals surface area contributed by atoms with E-state index in [1.165, 1.54) is 21.9 Å². The van der Waals surface area contributed by atoms with Gasteiger partial charge in [-0.25, -0.2) is 33.8 Å². The van der Waals surface area contributed by atoms with Gasteiger partial charge in [-0.3, -0.25) is 4.57 Å². The Hall–Kier alpha value is -5.22. The molecule has 368 valence electrons. The number of fused-ring (bicyclic) bond motifs is 1. The Bertz CT molecular complexity index is 2330. The van der Waals surface area contributed by atoms with Crippen molar-refractivity contribution in [3.63, 3.8) is 0 Å². The third kappa shape index (κ3) is 14.2. The number of ether oxygens (including phenoxy) is 8. The fourth-order valence-corrected chi connectivity index (χ4v) is 7.67. The fourth-order valence-electron chi connectivity index (χ4n) is 6.75. The van der Waals surface area contributed by atoms with E-state index >= 15 is 0 Å². The van der Waals surface area contributed by atoms with Crippen LogP contribution in [-0.4, -0.2) is 116 Å². The summed E-state index contributed by atoms with van der Waals surface area (Å²) in [5.74, 6) is -1.72. The number of imide groups is 1. The number of esters is 1. The molecule has 1 aliphatic heterocycles. The Labute approximate surface area is 397 Å². The van der Waals surface area contributed by atoms with Gasteiger partial charge in [0.2, 0.25) is 10.9 Å². The lowest BCUT2D eigenvalue weighted by molar-refractivity contribution is -0.182. The minimum atomic E-state index is -1.90. The number of anilines is 1. The molecule has 22 heteroatoms. The van der Waals surface area contributed by atoms with Crippen molar-refractivity contribution in [1.29, 1.82) is 0 Å². The number of amides is 2. The highest BCUT2D eigenvalue weighted by atomic mass is 35.5. The summed E-state index contributed by atoms with van der Waals surface area (Å²) < 4.78 is 50.8. The molecule has 1 unspecified atom stereocenters. The van der Waals surface area contributed by atoms with Crippen LogP contribution in [0.1, 0.15) is 93.8 Å². The molecule has 5 atom stereocenters. The average Bonchev–Trinajstić information content (AvgIpc) is 3.91. The molecule has 1 aromatic carbocycles. The fraction of sp³-hybridized carbons (Fsp3) is 0.622. The first-order valence-electron chi connectivity index (χ1n) is 22.1. The van der Waals surface area contributed by atoms with Crippen LogP contribution in [0.3, 0.4) is 0 Å². The largest absolute Gasteiger partial charge is 0.509 e. The lowest BCUT2D eigenvalue weighted by Crippen LogP contribution is -2.45. The summed E-state index contributed by atoms with van der Waals surface area (Å²) in [4.78, 5) is 73.6. The van der Waals surface area contributed by atoms with E-state index in [1.54, 1.807) is 76.2 Å². The van der Waals surface area contributed by atoms with Crippen LogP contribution in [-0.2, 0) is 61.4 Å². The standard InChI is InChI=1S/C45H65ClN8O12Si/c1-15-60-37(55)45(23-29-19-17-16-18-20-29,36-48-25-52(51-36)27-59-21-22-67(12,13)14)61-24-30-28(2)32(63-41(58)66-44(9,10)11)35(62-30)53-26-47-31-33(53)49-38(46)50-34(31)54(39(56)64-42(3,4)5)40(57)65-43(6,7)8/h16-20,25-26,28,30,32,35H,15,21-24,27H2,1-14H3/t28-,30-,32-,35-,45?/m1/s1. The molecule has 4 heterocycles. The van der Waals surface area contributed by atoms with Crippen LogP contribution in [0.5, 0.6) is 0 Å². The molecule has 2 amide bonds. The van der Waals surface area contributed by atoms with E-state index in [9.17, 15) is 19.2 Å². The Morgan fingerprint density at radius 2 is 1.49 bits per heavy atom. The number of carbonyl (C=O) groups is 4. The Kier molecular flexibility index (Phi) is 16.5. The Balaban J connectivity index is 1.58. The zero-order valence-electron chi connectivity index (χ0n) is 40.9. The van der Waals surface area contributed by atoms with E-state index in [0.717, 1.165) is 11.6 Å². The van der Waals surface area contributed by atoms with Gasteiger partial charge in [-0.2, -0.15) is 20.0 Å². The van der Waals surface area contributed by atoms with Crippen molar-refractivity contribution >= 4 is 61.0 Å². The minimum absolute atomic E-state index is 0.0181. The smallest absolute Gasteiger partial charge is 0.463 e. The van der Waals surface area contributed by atoms with Gasteiger partial charge < -0.3 is 37.9 Å². The molecule has 1 fully saturated rings. The first-order valence-corrected chi connectivity index (χ1v) is 26.2. The lowest BCUT2D eigenvalue weighted by Gasteiger charge is -2.31. The number of carbonyl (C=O) groups excluding carboxylic acids is 4. The van der Waals surface area contributed by atoms with Crippen molar-refractivity contribution in [2.45, 2.75) is 156 Å². The molecule has 67 heavy (non-hydrogen) atoms. The van der Waals surface area contributed by atoms with Crippen molar-refractivity contribution in [3.8, 4) is 0 Å². The number of imidazole rings is 1. The predicted molar refractivity (Wildman–Crippen MR) is 248 cm³/mol. The normalized spacial score (nSPS) is 18.9. The van der Waals surface area contributed by atoms with Gasteiger partial charge in [-0.15, -0.1) is 0 Å². The summed E-state index contributed by atoms with van der Waals surface area (Å²) in [6.45, 7) is 25.5. The molecule has 0 spiro atoms. The second-order valence-corrected chi connectivity index (χ2v) is 26.3. The van der Waals surface area contributed by atoms with Crippen LogP contribution in [0.25, 0.3) is 11.2 Å². The SMILES string of the molecule is CCOC(=O)C(Cc1ccccc1)(OC[C@H]1O[C@@H](n2cnc3c(N(C(=O)OC(C)(C)C)C(=O)OC(C)(C)C)nc(Cl)nc32)[C@H](OC(=O)OC(C)(C)C)[C@@H]1C)c1ncn(COCC[Si](C)(C)C)n1. The third-order valence-corrected chi connectivity index (χ3v) is 11.7. The molecule has 5 rings (SSSR count). The van der Waals surface area contributed by atoms with E-state index < -0.39 is 79.1 Å². The van der Waals surface area contributed by atoms with E-state index in [0.29, 0.717) is 11.5 Å². The van der Waals surface area contributed by atoms with Crippen molar-refractivity contribution in [3.05, 3.63) is 59.7 Å². The summed E-state index contributed by atoms with van der Waals surface area (Å²) in [5.41, 5.74) is -4.26. The molecule has 0 N–H and O–H groups in total. The first kappa shape index (κ1) is 52.7. The molecule has 1 aliphatic rings. The molecule has 20 nitrogen and oxygen atoms in total. The summed E-state index contributed by atoms with van der Waals surface area (Å²) in [6, 6.07) is 10.2. The highest BCUT2D eigenvalue weighted by molar-refractivity contribution is 6.76. The van der Waals surface area contributed by atoms with Crippen molar-refractivity contribution in [1.82, 2.24) is 34.3 Å². The third-order valence-electron chi connectivity index (χ3n) is 9.85. The maximum Gasteiger partial charge on any atom is 0.509 e. The van der Waals surface area contributed by atoms with Crippen LogP contribution >= 0.6 is 11.6 Å². The Morgan fingerprint density at radius 1 is 0.866 bits per heavy atom. The van der Waals surface area contributed by atoms with Crippen LogP contribution in [0, 0.1) is 5.92 Å². The maximum absolute atomic E-state index is 14.3. The monoisotopic (exact) mass is 972 g/mol. The highest BCUT2D eigenvalue weighted by Crippen LogP contribution is 2.41. The molecule has 0 saturated carbocycles. The second kappa shape index (κ2) is 21.0. The number of nitrogens with zero attached hydrogens (tertiary/aromatic N) is 8. The zero-order chi connectivity index (χ0) is 49.7. The molecular formula is C45H65ClN8O12Si. The zero-order valence-corrected chi connectivity index (χ0v) is 42.7. The number of rotatable bonds is 16. The number of hydrogen-bond acceptors (Lipinski definition) is 17. The summed E-state index contributed by atoms with van der Waals surface area (Å²) >= 11 is 6.54. The van der Waals surface area contributed by atoms with Gasteiger partial charge in [0.25, 0.3) is 0 Å². The van der Waals surface area contributed by atoms with Crippen molar-refractivity contribution < 1.29 is 57.1 Å². The molecule has 0 bridgehead atoms. The van der Waals surface area contributed by atoms with E-state index in [-0.39, 0.29) is 54.5 Å². The van der Waals surface area contributed by atoms with Crippen LogP contribution in [0.2, 0.25) is 31.0 Å². The molecule has 0 radical (unpaired) electrons. The quantitative estimate of drug-likeness (QED) is 0.0337. The summed E-state index contributed by atoms with van der Waals surface area (Å²) in [5, 5.41) is 4.30. The van der Waals surface area contributed by atoms with E-state index in [4.69, 9.17) is 49.5 Å². The van der Waals surface area contributed by atoms with Crippen LogP contribution in [0.4, 0.5) is 20.2 Å². The van der Waals surface area contributed by atoms with Gasteiger partial charge in [0.05, 0.1) is 25.6 Å². The van der Waals surface area contributed by atoms with Gasteiger partial charge >= 0.3 is 24.3 Å². The van der Waals surface area contributed by atoms with Crippen molar-refractivity contribution in [2.24, 2.45) is 5.92 Å². The topological polar surface area (TPSA) is 220 Å². The molecular weight excluding hydrogens is 908 g/mol. The predicted octanol–water partition coefficient (Wildman–Crippen LogP) is 8.63. The number of hydrogen-bond donors (Lipinski definition) is 0. The van der Waals surface area contributed by atoms with Gasteiger partial charge in [0.15, 0.2) is 35.1 Å². The maximum atomic E-state index is 14.3. The van der Waals surface area contributed by atoms with Gasteiger partial charge in [0.1, 0.15) is 29.9 Å². The van der Waals surface area contributed by atoms with Gasteiger partial charge in [-0.05, 0) is 92.4 Å². The highest BCUT2D eigenvalue weighted by Gasteiger charge is 2.52. The number of halogens is 1. The molecule has 4 aromatic rings. The Morgan fingerprint density at radius 3 is 2.07 bits per heavy atom.